The summed E-state index contributed by atoms with van der Waals surface area (Å²) in [6.07, 6.45) is 0.572. The van der Waals surface area contributed by atoms with Crippen molar-refractivity contribution in [3.8, 4) is 0 Å². The molecule has 1 saturated heterocycles. The summed E-state index contributed by atoms with van der Waals surface area (Å²) in [4.78, 5) is 10.2. The second kappa shape index (κ2) is 1.45. The standard InChI is InChI=1S/C5H8O3/c1-2-5(3-8-5)4(6)7/h2-3H2,1H3,(H,6,7)/t5-/m1/s1. The fraction of sp³-hybridized carbons (Fsp3) is 0.800. The van der Waals surface area contributed by atoms with E-state index >= 15 is 0 Å². The van der Waals surface area contributed by atoms with Gasteiger partial charge in [-0.05, 0) is 6.42 Å². The molecule has 0 amide bonds. The Kier molecular flexibility index (Phi) is 1.01. The number of carboxylic acids is 1. The van der Waals surface area contributed by atoms with Crippen molar-refractivity contribution in [3.63, 3.8) is 0 Å². The molecule has 3 heteroatoms. The molecular weight excluding hydrogens is 108 g/mol. The van der Waals surface area contributed by atoms with Gasteiger partial charge in [0.05, 0.1) is 6.61 Å². The fourth-order valence-electron chi connectivity index (χ4n) is 0.566. The van der Waals surface area contributed by atoms with E-state index in [9.17, 15) is 4.79 Å². The Morgan fingerprint density at radius 2 is 2.50 bits per heavy atom. The molecule has 0 saturated carbocycles. The molecule has 0 spiro atoms. The zero-order valence-corrected chi connectivity index (χ0v) is 4.68. The molecule has 0 aromatic heterocycles. The monoisotopic (exact) mass is 116 g/mol. The minimum absolute atomic E-state index is 0.388. The van der Waals surface area contributed by atoms with E-state index in [1.807, 2.05) is 0 Å². The first-order chi connectivity index (χ1) is 3.71. The van der Waals surface area contributed by atoms with E-state index in [0.29, 0.717) is 13.0 Å². The van der Waals surface area contributed by atoms with Gasteiger partial charge in [0.2, 0.25) is 0 Å². The van der Waals surface area contributed by atoms with Crippen molar-refractivity contribution >= 4 is 5.97 Å². The van der Waals surface area contributed by atoms with E-state index in [-0.39, 0.29) is 0 Å². The van der Waals surface area contributed by atoms with Crippen molar-refractivity contribution in [2.75, 3.05) is 6.61 Å². The Morgan fingerprint density at radius 1 is 2.00 bits per heavy atom. The van der Waals surface area contributed by atoms with Crippen molar-refractivity contribution in [3.05, 3.63) is 0 Å². The average Bonchev–Trinajstić information content (AvgIpc) is 2.44. The van der Waals surface area contributed by atoms with Crippen molar-refractivity contribution in [1.82, 2.24) is 0 Å². The van der Waals surface area contributed by atoms with Gasteiger partial charge in [-0.25, -0.2) is 4.79 Å². The molecule has 0 aliphatic carbocycles. The first-order valence-electron chi connectivity index (χ1n) is 2.58. The summed E-state index contributed by atoms with van der Waals surface area (Å²) in [5.74, 6) is -0.833. The lowest BCUT2D eigenvalue weighted by Crippen LogP contribution is -2.22. The number of hydrogen-bond acceptors (Lipinski definition) is 2. The predicted molar refractivity (Wildman–Crippen MR) is 26.6 cm³/mol. The minimum Gasteiger partial charge on any atom is -0.479 e. The molecule has 0 radical (unpaired) electrons. The molecule has 0 bridgehead atoms. The number of rotatable bonds is 2. The van der Waals surface area contributed by atoms with Crippen LogP contribution in [0.4, 0.5) is 0 Å². The Labute approximate surface area is 47.3 Å². The summed E-state index contributed by atoms with van der Waals surface area (Å²) in [6, 6.07) is 0. The third-order valence-electron chi connectivity index (χ3n) is 1.45. The highest BCUT2D eigenvalue weighted by atomic mass is 16.6. The lowest BCUT2D eigenvalue weighted by molar-refractivity contribution is -0.143. The molecule has 0 aromatic rings. The van der Waals surface area contributed by atoms with E-state index in [0.717, 1.165) is 0 Å². The second-order valence-corrected chi connectivity index (χ2v) is 1.94. The molecule has 0 unspecified atom stereocenters. The average molecular weight is 116 g/mol. The number of carboxylic acid groups (broad SMARTS) is 1. The quantitative estimate of drug-likeness (QED) is 0.526. The van der Waals surface area contributed by atoms with Crippen LogP contribution in [0.5, 0.6) is 0 Å². The van der Waals surface area contributed by atoms with Gasteiger partial charge in [0.25, 0.3) is 0 Å². The van der Waals surface area contributed by atoms with Crippen molar-refractivity contribution in [2.24, 2.45) is 0 Å². The Morgan fingerprint density at radius 3 is 2.50 bits per heavy atom. The number of ether oxygens (including phenoxy) is 1. The first-order valence-corrected chi connectivity index (χ1v) is 2.58. The smallest absolute Gasteiger partial charge is 0.338 e. The molecule has 3 nitrogen and oxygen atoms in total. The Hall–Kier alpha value is -0.570. The summed E-state index contributed by atoms with van der Waals surface area (Å²) in [5.41, 5.74) is -0.792. The minimum atomic E-state index is -0.833. The van der Waals surface area contributed by atoms with Crippen LogP contribution in [0.3, 0.4) is 0 Å². The number of hydrogen-bond donors (Lipinski definition) is 1. The summed E-state index contributed by atoms with van der Waals surface area (Å²) in [7, 11) is 0. The molecule has 1 aliphatic rings. The zero-order valence-electron chi connectivity index (χ0n) is 4.68. The van der Waals surface area contributed by atoms with E-state index in [1.165, 1.54) is 0 Å². The molecule has 8 heavy (non-hydrogen) atoms. The number of aliphatic carboxylic acids is 1. The van der Waals surface area contributed by atoms with E-state index in [2.05, 4.69) is 0 Å². The largest absolute Gasteiger partial charge is 0.479 e. The summed E-state index contributed by atoms with van der Waals surface area (Å²) < 4.78 is 4.71. The van der Waals surface area contributed by atoms with Crippen LogP contribution in [0.25, 0.3) is 0 Å². The maximum absolute atomic E-state index is 10.2. The third kappa shape index (κ3) is 0.591. The van der Waals surface area contributed by atoms with Crippen LogP contribution in [0.1, 0.15) is 13.3 Å². The fourth-order valence-corrected chi connectivity index (χ4v) is 0.566. The number of epoxide rings is 1. The molecular formula is C5H8O3. The highest BCUT2D eigenvalue weighted by Gasteiger charge is 2.50. The van der Waals surface area contributed by atoms with Crippen LogP contribution in [-0.2, 0) is 9.53 Å². The SMILES string of the molecule is CC[C@]1(C(=O)O)CO1. The Balaban J connectivity index is 2.53. The summed E-state index contributed by atoms with van der Waals surface area (Å²) in [5, 5.41) is 8.38. The van der Waals surface area contributed by atoms with Crippen LogP contribution in [-0.4, -0.2) is 23.3 Å². The van der Waals surface area contributed by atoms with E-state index in [4.69, 9.17) is 9.84 Å². The van der Waals surface area contributed by atoms with Gasteiger partial charge in [-0.15, -0.1) is 0 Å². The molecule has 1 aliphatic heterocycles. The van der Waals surface area contributed by atoms with E-state index < -0.39 is 11.6 Å². The van der Waals surface area contributed by atoms with Crippen LogP contribution in [0.2, 0.25) is 0 Å². The summed E-state index contributed by atoms with van der Waals surface area (Å²) >= 11 is 0. The topological polar surface area (TPSA) is 49.8 Å². The van der Waals surface area contributed by atoms with Gasteiger partial charge >= 0.3 is 5.97 Å². The van der Waals surface area contributed by atoms with Crippen LogP contribution in [0.15, 0.2) is 0 Å². The van der Waals surface area contributed by atoms with Gasteiger partial charge in [-0.2, -0.15) is 0 Å². The molecule has 1 atom stereocenters. The molecule has 46 valence electrons. The molecule has 1 rings (SSSR count). The lowest BCUT2D eigenvalue weighted by atomic mass is 10.1. The lowest BCUT2D eigenvalue weighted by Gasteiger charge is -1.97. The van der Waals surface area contributed by atoms with Gasteiger partial charge in [0.15, 0.2) is 5.60 Å². The maximum Gasteiger partial charge on any atom is 0.338 e. The molecule has 1 fully saturated rings. The normalized spacial score (nSPS) is 34.6. The van der Waals surface area contributed by atoms with Crippen LogP contribution in [0, 0.1) is 0 Å². The van der Waals surface area contributed by atoms with Gasteiger partial charge in [-0.3, -0.25) is 0 Å². The van der Waals surface area contributed by atoms with Crippen molar-refractivity contribution in [1.29, 1.82) is 0 Å². The molecule has 1 heterocycles. The van der Waals surface area contributed by atoms with Gasteiger partial charge in [0.1, 0.15) is 0 Å². The highest BCUT2D eigenvalue weighted by Crippen LogP contribution is 2.30. The van der Waals surface area contributed by atoms with Crippen LogP contribution < -0.4 is 0 Å². The summed E-state index contributed by atoms with van der Waals surface area (Å²) in [6.45, 7) is 2.19. The van der Waals surface area contributed by atoms with Gasteiger partial charge in [0, 0.05) is 0 Å². The van der Waals surface area contributed by atoms with Crippen molar-refractivity contribution < 1.29 is 14.6 Å². The van der Waals surface area contributed by atoms with Gasteiger partial charge < -0.3 is 9.84 Å². The van der Waals surface area contributed by atoms with E-state index in [1.54, 1.807) is 6.92 Å². The Bertz CT molecular complexity index is 115. The van der Waals surface area contributed by atoms with Gasteiger partial charge in [-0.1, -0.05) is 6.92 Å². The van der Waals surface area contributed by atoms with Crippen molar-refractivity contribution in [2.45, 2.75) is 18.9 Å². The second-order valence-electron chi connectivity index (χ2n) is 1.94. The molecule has 1 N–H and O–H groups in total. The zero-order chi connectivity index (χ0) is 6.20. The highest BCUT2D eigenvalue weighted by molar-refractivity contribution is 5.80. The third-order valence-corrected chi connectivity index (χ3v) is 1.45. The maximum atomic E-state index is 10.2. The number of carbonyl (C=O) groups is 1. The predicted octanol–water partition coefficient (Wildman–Crippen LogP) is 0.250. The first kappa shape index (κ1) is 5.56. The molecule has 0 aromatic carbocycles. The van der Waals surface area contributed by atoms with Crippen LogP contribution >= 0.6 is 0 Å².